The maximum absolute atomic E-state index is 9.55. The summed E-state index contributed by atoms with van der Waals surface area (Å²) in [6, 6.07) is 0. The average Bonchev–Trinajstić information content (AvgIpc) is 3.10. The van der Waals surface area contributed by atoms with Crippen LogP contribution in [0.3, 0.4) is 0 Å². The summed E-state index contributed by atoms with van der Waals surface area (Å²) in [7, 11) is 0. The first-order valence-corrected chi connectivity index (χ1v) is 15.1. The van der Waals surface area contributed by atoms with E-state index < -0.39 is 31.5 Å². The van der Waals surface area contributed by atoms with Gasteiger partial charge in [0, 0.05) is 0 Å². The molecular weight excluding hydrogens is 397 g/mol. The Hall–Kier alpha value is -1.01. The summed E-state index contributed by atoms with van der Waals surface area (Å²) >= 11 is -2.97. The van der Waals surface area contributed by atoms with Crippen LogP contribution in [-0.2, 0) is 10.9 Å². The molecule has 0 saturated carbocycles. The predicted molar refractivity (Wildman–Crippen MR) is 78.0 cm³/mol. The molecule has 2 saturated heterocycles. The number of hydrogen-bond acceptors (Lipinski definition) is 8. The number of aliphatic hydroxyl groups excluding tert-OH is 1. The second kappa shape index (κ2) is 4.99. The van der Waals surface area contributed by atoms with E-state index >= 15 is 0 Å². The van der Waals surface area contributed by atoms with Crippen molar-refractivity contribution in [2.45, 2.75) is 34.4 Å². The Balaban J connectivity index is 1.77. The van der Waals surface area contributed by atoms with Gasteiger partial charge in [-0.2, -0.15) is 0 Å². The molecule has 2 aromatic rings. The summed E-state index contributed by atoms with van der Waals surface area (Å²) in [5, 5.41) is 9.55. The van der Waals surface area contributed by atoms with E-state index in [0.29, 0.717) is 17.0 Å². The number of aromatic nitrogens is 4. The Bertz CT molecular complexity index is 723. The molecule has 0 radical (unpaired) electrons. The van der Waals surface area contributed by atoms with Crippen molar-refractivity contribution in [2.75, 3.05) is 12.3 Å². The van der Waals surface area contributed by atoms with Crippen molar-refractivity contribution in [1.82, 2.24) is 19.5 Å². The maximum atomic E-state index is 9.55. The third-order valence-electron chi connectivity index (χ3n) is 3.97. The zero-order chi connectivity index (χ0) is 15.5. The summed E-state index contributed by atoms with van der Waals surface area (Å²) in [6.07, 6.45) is 1.63. The van der Waals surface area contributed by atoms with Crippen molar-refractivity contribution in [3.8, 4) is 0 Å². The number of imidazole rings is 1. The van der Waals surface area contributed by atoms with Crippen LogP contribution in [0.5, 0.6) is 0 Å². The second-order valence-electron chi connectivity index (χ2n) is 5.90. The van der Waals surface area contributed by atoms with E-state index in [2.05, 4.69) is 15.0 Å². The summed E-state index contributed by atoms with van der Waals surface area (Å²) in [4.78, 5) is 16.5. The summed E-state index contributed by atoms with van der Waals surface area (Å²) in [5.41, 5.74) is 6.92. The minimum atomic E-state index is -2.97. The standard InChI is InChI=1S/C10H11N5O4.2CH3.Sn/c11-8-5-9(13-2-12-8)15(3-14-5)10-7(18)6(17)4(1-16)19-10;;;/h2-4,6-7,10,16H,1H2,(H2,11,12,13);2*1H3;/q-2;;;+2/t4-,6+,7+,10+;;;/m0.../s1. The molecule has 4 atom stereocenters. The first kappa shape index (κ1) is 14.6. The molecule has 118 valence electrons. The number of hydrogen-bond donors (Lipinski definition) is 2. The van der Waals surface area contributed by atoms with Crippen molar-refractivity contribution >= 4 is 36.2 Å². The zero-order valence-electron chi connectivity index (χ0n) is 12.2. The van der Waals surface area contributed by atoms with Crippen LogP contribution in [0.25, 0.3) is 11.2 Å². The van der Waals surface area contributed by atoms with E-state index in [1.54, 1.807) is 10.9 Å². The van der Waals surface area contributed by atoms with Crippen molar-refractivity contribution < 1.29 is 16.0 Å². The Morgan fingerprint density at radius 2 is 2.05 bits per heavy atom. The van der Waals surface area contributed by atoms with E-state index in [9.17, 15) is 5.11 Å². The Morgan fingerprint density at radius 3 is 2.82 bits per heavy atom. The fraction of sp³-hybridized carbons (Fsp3) is 0.583. The van der Waals surface area contributed by atoms with Gasteiger partial charge in [-0.3, -0.25) is 0 Å². The number of nitrogens with two attached hydrogens (primary N) is 1. The van der Waals surface area contributed by atoms with E-state index in [4.69, 9.17) is 16.6 Å². The van der Waals surface area contributed by atoms with E-state index in [1.807, 2.05) is 9.88 Å². The van der Waals surface area contributed by atoms with Crippen LogP contribution in [0.2, 0.25) is 9.88 Å². The SMILES string of the molecule is [CH3][Sn]1([CH3])[O][C@@H]2[C@H]([O]1)[C@H](CO)O[C@H]2n1cnc2c(N)ncnc21. The molecule has 0 amide bonds. The van der Waals surface area contributed by atoms with Crippen LogP contribution in [0, 0.1) is 0 Å². The molecule has 9 nitrogen and oxygen atoms in total. The molecule has 3 N–H and O–H groups in total. The molecule has 22 heavy (non-hydrogen) atoms. The molecule has 0 bridgehead atoms. The second-order valence-corrected chi connectivity index (χ2v) is 15.2. The van der Waals surface area contributed by atoms with Gasteiger partial charge < -0.3 is 0 Å². The molecule has 2 aliphatic heterocycles. The Kier molecular flexibility index (Phi) is 3.31. The summed E-state index contributed by atoms with van der Waals surface area (Å²) in [6.45, 7) is -0.118. The van der Waals surface area contributed by atoms with Crippen LogP contribution in [-0.4, -0.2) is 68.7 Å². The number of nitrogens with zero attached hydrogens (tertiary/aromatic N) is 4. The molecule has 0 aromatic carbocycles. The zero-order valence-corrected chi connectivity index (χ0v) is 15.1. The van der Waals surface area contributed by atoms with Crippen LogP contribution < -0.4 is 5.73 Å². The number of nitrogen functional groups attached to an aromatic ring is 1. The van der Waals surface area contributed by atoms with Gasteiger partial charge in [-0.25, -0.2) is 0 Å². The number of anilines is 1. The van der Waals surface area contributed by atoms with E-state index in [0.717, 1.165) is 0 Å². The number of fused-ring (bicyclic) bond motifs is 2. The molecular formula is C12H17N5O4Sn. The van der Waals surface area contributed by atoms with Crippen molar-refractivity contribution in [2.24, 2.45) is 0 Å². The predicted octanol–water partition coefficient (Wildman–Crippen LogP) is -0.216. The van der Waals surface area contributed by atoms with E-state index in [-0.39, 0.29) is 18.8 Å². The first-order chi connectivity index (χ1) is 10.5. The molecule has 4 rings (SSSR count). The Morgan fingerprint density at radius 1 is 1.27 bits per heavy atom. The topological polar surface area (TPSA) is 118 Å². The monoisotopic (exact) mass is 415 g/mol. The van der Waals surface area contributed by atoms with Gasteiger partial charge >= 0.3 is 131 Å². The average molecular weight is 414 g/mol. The molecule has 0 aliphatic carbocycles. The van der Waals surface area contributed by atoms with E-state index in [1.165, 1.54) is 6.33 Å². The van der Waals surface area contributed by atoms with Gasteiger partial charge in [0.05, 0.1) is 0 Å². The summed E-state index contributed by atoms with van der Waals surface area (Å²) in [5.74, 6) is 0.320. The van der Waals surface area contributed by atoms with Crippen LogP contribution in [0.15, 0.2) is 12.7 Å². The molecule has 0 unspecified atom stereocenters. The molecule has 2 fully saturated rings. The Labute approximate surface area is 131 Å². The van der Waals surface area contributed by atoms with Crippen molar-refractivity contribution in [1.29, 1.82) is 0 Å². The molecule has 0 spiro atoms. The number of aliphatic hydroxyl groups is 1. The van der Waals surface area contributed by atoms with Gasteiger partial charge in [0.2, 0.25) is 0 Å². The molecule has 2 aliphatic rings. The minimum absolute atomic E-state index is 0.118. The van der Waals surface area contributed by atoms with Gasteiger partial charge in [0.1, 0.15) is 0 Å². The van der Waals surface area contributed by atoms with Gasteiger partial charge in [-0.15, -0.1) is 0 Å². The van der Waals surface area contributed by atoms with Crippen molar-refractivity contribution in [3.63, 3.8) is 0 Å². The van der Waals surface area contributed by atoms with Crippen molar-refractivity contribution in [3.05, 3.63) is 12.7 Å². The molecule has 2 aromatic heterocycles. The van der Waals surface area contributed by atoms with Gasteiger partial charge in [0.15, 0.2) is 0 Å². The summed E-state index contributed by atoms with van der Waals surface area (Å²) < 4.78 is 19.9. The van der Waals surface area contributed by atoms with Gasteiger partial charge in [-0.05, 0) is 0 Å². The molecule has 10 heteroatoms. The fourth-order valence-corrected chi connectivity index (χ4v) is 8.52. The molecule has 4 heterocycles. The van der Waals surface area contributed by atoms with Crippen LogP contribution in [0.4, 0.5) is 5.82 Å². The number of ether oxygens (including phenoxy) is 1. The third kappa shape index (κ3) is 2.11. The quantitative estimate of drug-likeness (QED) is 0.649. The van der Waals surface area contributed by atoms with Crippen LogP contribution >= 0.6 is 0 Å². The van der Waals surface area contributed by atoms with Crippen LogP contribution in [0.1, 0.15) is 6.23 Å². The normalized spacial score (nSPS) is 33.4. The third-order valence-corrected chi connectivity index (χ3v) is 8.76. The first-order valence-electron chi connectivity index (χ1n) is 7.05. The van der Waals surface area contributed by atoms with Gasteiger partial charge in [0.25, 0.3) is 0 Å². The van der Waals surface area contributed by atoms with Gasteiger partial charge in [-0.1, -0.05) is 0 Å². The fourth-order valence-electron chi connectivity index (χ4n) is 3.09. The number of rotatable bonds is 2.